The lowest BCUT2D eigenvalue weighted by Gasteiger charge is -2.23. The van der Waals surface area contributed by atoms with Crippen molar-refractivity contribution in [3.63, 3.8) is 0 Å². The Bertz CT molecular complexity index is 1150. The van der Waals surface area contributed by atoms with Gasteiger partial charge in [0.25, 0.3) is 5.69 Å². The molecule has 0 bridgehead atoms. The summed E-state index contributed by atoms with van der Waals surface area (Å²) in [7, 11) is -2.78. The Balaban J connectivity index is 2.35. The molecule has 32 heavy (non-hydrogen) atoms. The third-order valence-electron chi connectivity index (χ3n) is 4.07. The van der Waals surface area contributed by atoms with E-state index in [1.165, 1.54) is 31.4 Å². The number of anilines is 2. The molecule has 172 valence electrons. The second-order valence-corrected chi connectivity index (χ2v) is 8.66. The summed E-state index contributed by atoms with van der Waals surface area (Å²) in [6.45, 7) is 1.03. The predicted octanol–water partition coefficient (Wildman–Crippen LogP) is 2.84. The number of nitro groups is 1. The van der Waals surface area contributed by atoms with Gasteiger partial charge in [-0.05, 0) is 31.2 Å². The minimum Gasteiger partial charge on any atom is -0.495 e. The molecule has 0 aliphatic carbocycles. The zero-order valence-electron chi connectivity index (χ0n) is 17.3. The number of ether oxygens (including phenoxy) is 2. The number of hydrogen-bond donors (Lipinski definition) is 1. The number of nitrogens with one attached hydrogen (secondary N) is 1. The van der Waals surface area contributed by atoms with Gasteiger partial charge in [-0.2, -0.15) is 0 Å². The van der Waals surface area contributed by atoms with Crippen LogP contribution in [-0.4, -0.2) is 51.7 Å². The van der Waals surface area contributed by atoms with Crippen LogP contribution in [0.25, 0.3) is 0 Å². The summed E-state index contributed by atoms with van der Waals surface area (Å²) >= 11 is 5.99. The third kappa shape index (κ3) is 6.08. The van der Waals surface area contributed by atoms with Crippen molar-refractivity contribution < 1.29 is 32.4 Å². The van der Waals surface area contributed by atoms with Crippen LogP contribution in [0.3, 0.4) is 0 Å². The molecular formula is C19H20ClN3O8S. The van der Waals surface area contributed by atoms with Crippen molar-refractivity contribution in [2.24, 2.45) is 0 Å². The van der Waals surface area contributed by atoms with Gasteiger partial charge in [0.2, 0.25) is 15.9 Å². The van der Waals surface area contributed by atoms with Gasteiger partial charge in [-0.3, -0.25) is 19.2 Å². The van der Waals surface area contributed by atoms with Crippen molar-refractivity contribution in [3.05, 3.63) is 57.1 Å². The smallest absolute Gasteiger partial charge is 0.339 e. The first-order valence-corrected chi connectivity index (χ1v) is 11.3. The Morgan fingerprint density at radius 1 is 1.22 bits per heavy atom. The molecule has 0 aliphatic rings. The first kappa shape index (κ1) is 24.9. The minimum absolute atomic E-state index is 0.0184. The molecule has 0 saturated heterocycles. The Kier molecular flexibility index (Phi) is 8.00. The van der Waals surface area contributed by atoms with Gasteiger partial charge in [-0.15, -0.1) is 0 Å². The van der Waals surface area contributed by atoms with Crippen molar-refractivity contribution in [1.82, 2.24) is 0 Å². The summed E-state index contributed by atoms with van der Waals surface area (Å²) in [6.07, 6.45) is 0.847. The molecule has 0 aromatic heterocycles. The van der Waals surface area contributed by atoms with E-state index < -0.39 is 33.4 Å². The SMILES string of the molecule is CCOC(=O)c1cc(NC(=O)CN(c2cc([N+](=O)[O-])ccc2OC)S(C)(=O)=O)ccc1Cl. The maximum absolute atomic E-state index is 12.6. The van der Waals surface area contributed by atoms with Crippen LogP contribution in [-0.2, 0) is 19.6 Å². The summed E-state index contributed by atoms with van der Waals surface area (Å²) < 4.78 is 35.4. The van der Waals surface area contributed by atoms with E-state index in [9.17, 15) is 28.1 Å². The van der Waals surface area contributed by atoms with Crippen LogP contribution in [0.15, 0.2) is 36.4 Å². The van der Waals surface area contributed by atoms with E-state index in [-0.39, 0.29) is 40.0 Å². The summed E-state index contributed by atoms with van der Waals surface area (Å²) in [6, 6.07) is 7.45. The highest BCUT2D eigenvalue weighted by Gasteiger charge is 2.26. The fourth-order valence-electron chi connectivity index (χ4n) is 2.67. The Hall–Kier alpha value is -3.38. The first-order valence-electron chi connectivity index (χ1n) is 9.04. The fourth-order valence-corrected chi connectivity index (χ4v) is 3.71. The zero-order chi connectivity index (χ0) is 24.1. The van der Waals surface area contributed by atoms with E-state index in [2.05, 4.69) is 5.32 Å². The van der Waals surface area contributed by atoms with Crippen molar-refractivity contribution >= 4 is 50.6 Å². The van der Waals surface area contributed by atoms with E-state index in [1.807, 2.05) is 0 Å². The fraction of sp³-hybridized carbons (Fsp3) is 0.263. The molecule has 0 aliphatic heterocycles. The topological polar surface area (TPSA) is 145 Å². The monoisotopic (exact) mass is 485 g/mol. The number of halogens is 1. The van der Waals surface area contributed by atoms with Gasteiger partial charge >= 0.3 is 5.97 Å². The maximum Gasteiger partial charge on any atom is 0.339 e. The number of non-ortho nitro benzene ring substituents is 1. The third-order valence-corrected chi connectivity index (χ3v) is 5.53. The number of amides is 1. The van der Waals surface area contributed by atoms with Gasteiger partial charge in [-0.25, -0.2) is 13.2 Å². The van der Waals surface area contributed by atoms with E-state index >= 15 is 0 Å². The van der Waals surface area contributed by atoms with Gasteiger partial charge in [0.15, 0.2) is 0 Å². The Morgan fingerprint density at radius 2 is 1.91 bits per heavy atom. The number of methoxy groups -OCH3 is 1. The number of nitrogens with zero attached hydrogens (tertiary/aromatic N) is 2. The molecule has 0 atom stereocenters. The maximum atomic E-state index is 12.6. The molecule has 2 aromatic rings. The van der Waals surface area contributed by atoms with Crippen LogP contribution in [0.2, 0.25) is 5.02 Å². The summed E-state index contributed by atoms with van der Waals surface area (Å²) in [5.74, 6) is -1.45. The van der Waals surface area contributed by atoms with Crippen LogP contribution >= 0.6 is 11.6 Å². The Morgan fingerprint density at radius 3 is 2.47 bits per heavy atom. The van der Waals surface area contributed by atoms with Gasteiger partial charge < -0.3 is 14.8 Å². The largest absolute Gasteiger partial charge is 0.495 e. The summed E-state index contributed by atoms with van der Waals surface area (Å²) in [5, 5.41) is 13.7. The molecule has 11 nitrogen and oxygen atoms in total. The summed E-state index contributed by atoms with van der Waals surface area (Å²) in [5.41, 5.74) is -0.372. The number of rotatable bonds is 9. The van der Waals surface area contributed by atoms with Crippen LogP contribution < -0.4 is 14.4 Å². The van der Waals surface area contributed by atoms with Crippen LogP contribution in [0.1, 0.15) is 17.3 Å². The average Bonchev–Trinajstić information content (AvgIpc) is 2.72. The van der Waals surface area contributed by atoms with E-state index in [1.54, 1.807) is 6.92 Å². The quantitative estimate of drug-likeness (QED) is 0.324. The normalized spacial score (nSPS) is 10.9. The van der Waals surface area contributed by atoms with Crippen LogP contribution in [0, 0.1) is 10.1 Å². The highest BCUT2D eigenvalue weighted by molar-refractivity contribution is 7.92. The lowest BCUT2D eigenvalue weighted by molar-refractivity contribution is -0.384. The van der Waals surface area contributed by atoms with Gasteiger partial charge in [0, 0.05) is 17.8 Å². The molecule has 0 radical (unpaired) electrons. The minimum atomic E-state index is -4.04. The van der Waals surface area contributed by atoms with E-state index in [4.69, 9.17) is 21.1 Å². The van der Waals surface area contributed by atoms with Crippen molar-refractivity contribution in [2.75, 3.05) is 36.1 Å². The molecule has 0 spiro atoms. The van der Waals surface area contributed by atoms with Gasteiger partial charge in [0.1, 0.15) is 18.0 Å². The highest BCUT2D eigenvalue weighted by atomic mass is 35.5. The second kappa shape index (κ2) is 10.3. The molecule has 2 rings (SSSR count). The predicted molar refractivity (Wildman–Crippen MR) is 118 cm³/mol. The molecule has 0 heterocycles. The van der Waals surface area contributed by atoms with Gasteiger partial charge in [0.05, 0.1) is 35.5 Å². The molecule has 0 saturated carbocycles. The number of hydrogen-bond acceptors (Lipinski definition) is 8. The molecule has 1 N–H and O–H groups in total. The standard InChI is InChI=1S/C19H20ClN3O8S/c1-4-31-19(25)14-9-12(5-7-15(14)20)21-18(24)11-22(32(3,28)29)16-10-13(23(26)27)6-8-17(16)30-2/h5-10H,4,11H2,1-3H3,(H,21,24). The number of carbonyl (C=O) groups is 2. The van der Waals surface area contributed by atoms with Crippen LogP contribution in [0.4, 0.5) is 17.1 Å². The number of esters is 1. The molecule has 0 fully saturated rings. The average molecular weight is 486 g/mol. The molecule has 13 heteroatoms. The zero-order valence-corrected chi connectivity index (χ0v) is 18.9. The summed E-state index contributed by atoms with van der Waals surface area (Å²) in [4.78, 5) is 35.0. The van der Waals surface area contributed by atoms with E-state index in [0.717, 1.165) is 18.4 Å². The number of sulfonamides is 1. The molecule has 0 unspecified atom stereocenters. The number of nitro benzene ring substituents is 1. The first-order chi connectivity index (χ1) is 15.0. The van der Waals surface area contributed by atoms with Crippen molar-refractivity contribution in [1.29, 1.82) is 0 Å². The number of benzene rings is 2. The molecule has 1 amide bonds. The lowest BCUT2D eigenvalue weighted by atomic mass is 10.2. The van der Waals surface area contributed by atoms with Crippen LogP contribution in [0.5, 0.6) is 5.75 Å². The molecular weight excluding hydrogens is 466 g/mol. The Labute approximate surface area is 189 Å². The highest BCUT2D eigenvalue weighted by Crippen LogP contribution is 2.33. The second-order valence-electron chi connectivity index (χ2n) is 6.35. The van der Waals surface area contributed by atoms with Crippen molar-refractivity contribution in [3.8, 4) is 5.75 Å². The number of carbonyl (C=O) groups excluding carboxylic acids is 2. The van der Waals surface area contributed by atoms with Crippen molar-refractivity contribution in [2.45, 2.75) is 6.92 Å². The lowest BCUT2D eigenvalue weighted by Crippen LogP contribution is -2.37. The van der Waals surface area contributed by atoms with Gasteiger partial charge in [-0.1, -0.05) is 11.6 Å². The van der Waals surface area contributed by atoms with E-state index in [0.29, 0.717) is 4.31 Å². The molecule has 2 aromatic carbocycles.